The molecule has 0 unspecified atom stereocenters. The van der Waals surface area contributed by atoms with Crippen LogP contribution in [0.5, 0.6) is 0 Å². The molecule has 3 rings (SSSR count). The number of carbonyl (C=O) groups excluding carboxylic acids is 2. The van der Waals surface area contributed by atoms with E-state index >= 15 is 0 Å². The van der Waals surface area contributed by atoms with E-state index in [4.69, 9.17) is 0 Å². The van der Waals surface area contributed by atoms with Crippen LogP contribution in [0.2, 0.25) is 0 Å². The Kier molecular flexibility index (Phi) is 6.43. The number of hydrogen-bond acceptors (Lipinski definition) is 6. The van der Waals surface area contributed by atoms with Gasteiger partial charge in [-0.1, -0.05) is 11.8 Å². The van der Waals surface area contributed by atoms with Gasteiger partial charge in [0.05, 0.1) is 0 Å². The number of hydrogen-bond donors (Lipinski definition) is 2. The van der Waals surface area contributed by atoms with Gasteiger partial charge in [0.1, 0.15) is 0 Å². The number of thiazole rings is 1. The first-order valence-corrected chi connectivity index (χ1v) is 10.5. The minimum atomic E-state index is -0.155. The number of amides is 2. The van der Waals surface area contributed by atoms with Crippen LogP contribution in [0.15, 0.2) is 55.7 Å². The summed E-state index contributed by atoms with van der Waals surface area (Å²) in [7, 11) is 0. The fourth-order valence-electron chi connectivity index (χ4n) is 2.10. The molecule has 0 aliphatic rings. The Morgan fingerprint density at radius 3 is 2.62 bits per heavy atom. The molecule has 3 aromatic rings. The lowest BCUT2D eigenvalue weighted by molar-refractivity contribution is -0.116. The average molecular weight is 404 g/mol. The third-order valence-electron chi connectivity index (χ3n) is 3.36. The Morgan fingerprint density at radius 2 is 1.96 bits per heavy atom. The quantitative estimate of drug-likeness (QED) is 0.612. The van der Waals surface area contributed by atoms with E-state index < -0.39 is 0 Å². The monoisotopic (exact) mass is 403 g/mol. The topological polar surface area (TPSA) is 71.1 Å². The van der Waals surface area contributed by atoms with Crippen molar-refractivity contribution in [2.75, 3.05) is 11.9 Å². The normalized spacial score (nSPS) is 10.5. The van der Waals surface area contributed by atoms with Crippen LogP contribution < -0.4 is 10.6 Å². The molecule has 2 aromatic heterocycles. The second kappa shape index (κ2) is 8.98. The number of carbonyl (C=O) groups is 2. The van der Waals surface area contributed by atoms with E-state index in [9.17, 15) is 9.59 Å². The summed E-state index contributed by atoms with van der Waals surface area (Å²) in [5.74, 6) is -0.288. The highest BCUT2D eigenvalue weighted by molar-refractivity contribution is 8.01. The zero-order valence-corrected chi connectivity index (χ0v) is 16.5. The standard InChI is InChI=1S/C18H17N3O2S3/c1-12-10-25-18(20-12)26-15-4-2-14(3-5-15)21-16(22)6-8-19-17(23)13-7-9-24-11-13/h2-5,7,9-11H,6,8H2,1H3,(H,19,23)(H,21,22). The van der Waals surface area contributed by atoms with Crippen molar-refractivity contribution in [3.63, 3.8) is 0 Å². The number of aromatic nitrogens is 1. The molecule has 0 spiro atoms. The summed E-state index contributed by atoms with van der Waals surface area (Å²) in [5.41, 5.74) is 2.38. The molecule has 1 aromatic carbocycles. The zero-order chi connectivity index (χ0) is 18.4. The molecule has 26 heavy (non-hydrogen) atoms. The first kappa shape index (κ1) is 18.6. The van der Waals surface area contributed by atoms with Gasteiger partial charge < -0.3 is 10.6 Å². The van der Waals surface area contributed by atoms with Gasteiger partial charge in [0.15, 0.2) is 4.34 Å². The summed E-state index contributed by atoms with van der Waals surface area (Å²) in [6.07, 6.45) is 0.227. The molecule has 0 aliphatic heterocycles. The molecular formula is C18H17N3O2S3. The van der Waals surface area contributed by atoms with Crippen LogP contribution in [0.3, 0.4) is 0 Å². The molecule has 0 saturated carbocycles. The van der Waals surface area contributed by atoms with Crippen molar-refractivity contribution in [1.82, 2.24) is 10.3 Å². The van der Waals surface area contributed by atoms with Crippen molar-refractivity contribution >= 4 is 51.9 Å². The summed E-state index contributed by atoms with van der Waals surface area (Å²) < 4.78 is 1.00. The summed E-state index contributed by atoms with van der Waals surface area (Å²) in [4.78, 5) is 29.3. The van der Waals surface area contributed by atoms with Crippen LogP contribution in [0.1, 0.15) is 22.5 Å². The lowest BCUT2D eigenvalue weighted by atomic mass is 10.3. The van der Waals surface area contributed by atoms with E-state index in [0.717, 1.165) is 20.6 Å². The molecule has 5 nitrogen and oxygen atoms in total. The number of thiophene rings is 1. The van der Waals surface area contributed by atoms with Gasteiger partial charge >= 0.3 is 0 Å². The Bertz CT molecular complexity index is 873. The van der Waals surface area contributed by atoms with Crippen molar-refractivity contribution < 1.29 is 9.59 Å². The van der Waals surface area contributed by atoms with Crippen molar-refractivity contribution in [1.29, 1.82) is 0 Å². The van der Waals surface area contributed by atoms with E-state index in [2.05, 4.69) is 15.6 Å². The Hall–Kier alpha value is -2.16. The second-order valence-corrected chi connectivity index (χ2v) is 8.41. The SMILES string of the molecule is Cc1csc(Sc2ccc(NC(=O)CCNC(=O)c3ccsc3)cc2)n1. The van der Waals surface area contributed by atoms with Crippen molar-refractivity contribution in [3.05, 3.63) is 57.7 Å². The predicted octanol–water partition coefficient (Wildman–Crippen LogP) is 4.42. The molecular weight excluding hydrogens is 386 g/mol. The van der Waals surface area contributed by atoms with Crippen LogP contribution in [-0.4, -0.2) is 23.3 Å². The number of nitrogens with one attached hydrogen (secondary N) is 2. The first-order valence-electron chi connectivity index (χ1n) is 7.90. The molecule has 0 atom stereocenters. The van der Waals surface area contributed by atoms with Gasteiger partial charge in [0, 0.05) is 45.6 Å². The number of aryl methyl sites for hydroxylation is 1. The van der Waals surface area contributed by atoms with Crippen LogP contribution in [0.25, 0.3) is 0 Å². The highest BCUT2D eigenvalue weighted by Crippen LogP contribution is 2.30. The second-order valence-electron chi connectivity index (χ2n) is 5.45. The maximum absolute atomic E-state index is 12.0. The smallest absolute Gasteiger partial charge is 0.252 e. The third kappa shape index (κ3) is 5.42. The molecule has 134 valence electrons. The summed E-state index contributed by atoms with van der Waals surface area (Å²) in [6.45, 7) is 2.28. The molecule has 0 aliphatic carbocycles. The summed E-state index contributed by atoms with van der Waals surface area (Å²) in [6, 6.07) is 9.40. The van der Waals surface area contributed by atoms with Gasteiger partial charge in [-0.2, -0.15) is 11.3 Å². The molecule has 2 N–H and O–H groups in total. The zero-order valence-electron chi connectivity index (χ0n) is 14.0. The van der Waals surface area contributed by atoms with Gasteiger partial charge in [0.25, 0.3) is 5.91 Å². The lowest BCUT2D eigenvalue weighted by Crippen LogP contribution is -2.27. The molecule has 2 amide bonds. The largest absolute Gasteiger partial charge is 0.351 e. The maximum atomic E-state index is 12.0. The number of anilines is 1. The molecule has 0 saturated heterocycles. The van der Waals surface area contributed by atoms with E-state index in [-0.39, 0.29) is 18.2 Å². The van der Waals surface area contributed by atoms with Crippen molar-refractivity contribution in [2.24, 2.45) is 0 Å². The highest BCUT2D eigenvalue weighted by atomic mass is 32.2. The highest BCUT2D eigenvalue weighted by Gasteiger charge is 2.08. The molecule has 8 heteroatoms. The van der Waals surface area contributed by atoms with Crippen molar-refractivity contribution in [3.8, 4) is 0 Å². The van der Waals surface area contributed by atoms with Crippen LogP contribution in [0, 0.1) is 6.92 Å². The Morgan fingerprint density at radius 1 is 1.15 bits per heavy atom. The van der Waals surface area contributed by atoms with Gasteiger partial charge in [-0.3, -0.25) is 9.59 Å². The van der Waals surface area contributed by atoms with E-state index in [1.54, 1.807) is 34.5 Å². The minimum absolute atomic E-state index is 0.133. The van der Waals surface area contributed by atoms with Gasteiger partial charge in [-0.25, -0.2) is 4.98 Å². The van der Waals surface area contributed by atoms with Crippen LogP contribution in [0.4, 0.5) is 5.69 Å². The van der Waals surface area contributed by atoms with Gasteiger partial charge in [0.2, 0.25) is 5.91 Å². The van der Waals surface area contributed by atoms with Crippen molar-refractivity contribution in [2.45, 2.75) is 22.6 Å². The van der Waals surface area contributed by atoms with Gasteiger partial charge in [-0.15, -0.1) is 11.3 Å². The third-order valence-corrected chi connectivity index (χ3v) is 6.11. The fraction of sp³-hybridized carbons (Fsp3) is 0.167. The maximum Gasteiger partial charge on any atom is 0.252 e. The average Bonchev–Trinajstić information content (AvgIpc) is 3.28. The first-order chi connectivity index (χ1) is 12.6. The Balaban J connectivity index is 1.43. The fourth-order valence-corrected chi connectivity index (χ4v) is 4.54. The summed E-state index contributed by atoms with van der Waals surface area (Å²) in [5, 5.41) is 11.2. The number of nitrogens with zero attached hydrogens (tertiary/aromatic N) is 1. The van der Waals surface area contributed by atoms with Crippen LogP contribution >= 0.6 is 34.4 Å². The molecule has 2 heterocycles. The minimum Gasteiger partial charge on any atom is -0.351 e. The molecule has 0 bridgehead atoms. The predicted molar refractivity (Wildman–Crippen MR) is 107 cm³/mol. The lowest BCUT2D eigenvalue weighted by Gasteiger charge is -2.07. The molecule has 0 radical (unpaired) electrons. The van der Waals surface area contributed by atoms with Gasteiger partial charge in [-0.05, 0) is 42.6 Å². The van der Waals surface area contributed by atoms with E-state index in [0.29, 0.717) is 12.1 Å². The number of rotatable bonds is 7. The van der Waals surface area contributed by atoms with Crippen LogP contribution in [-0.2, 0) is 4.79 Å². The molecule has 0 fully saturated rings. The number of benzene rings is 1. The van der Waals surface area contributed by atoms with E-state index in [1.807, 2.05) is 41.9 Å². The summed E-state index contributed by atoms with van der Waals surface area (Å²) >= 11 is 4.68. The Labute approximate surface area is 163 Å². The van der Waals surface area contributed by atoms with E-state index in [1.165, 1.54) is 11.3 Å².